The van der Waals surface area contributed by atoms with Gasteiger partial charge in [-0.15, -0.1) is 0 Å². The van der Waals surface area contributed by atoms with Gasteiger partial charge < -0.3 is 29.5 Å². The molecule has 3 atom stereocenters. The smallest absolute Gasteiger partial charge is 0.161 e. The number of aliphatic hydroxyl groups excluding tert-OH is 1. The molecule has 0 aromatic heterocycles. The van der Waals surface area contributed by atoms with E-state index in [1.165, 1.54) is 5.56 Å². The number of benzene rings is 3. The van der Waals surface area contributed by atoms with E-state index in [4.69, 9.17) is 14.2 Å². The number of aliphatic hydroxyl groups is 1. The second-order valence-corrected chi connectivity index (χ2v) is 11.6. The van der Waals surface area contributed by atoms with E-state index in [1.807, 2.05) is 30.3 Å². The van der Waals surface area contributed by atoms with Gasteiger partial charge in [0.2, 0.25) is 0 Å². The molecule has 0 spiro atoms. The van der Waals surface area contributed by atoms with Crippen LogP contribution in [0.15, 0.2) is 42.5 Å². The predicted octanol–water partition coefficient (Wildman–Crippen LogP) is 7.35. The average Bonchev–Trinajstić information content (AvgIpc) is 3.46. The highest BCUT2D eigenvalue weighted by Crippen LogP contribution is 2.53. The summed E-state index contributed by atoms with van der Waals surface area (Å²) in [6.07, 6.45) is 8.78. The second-order valence-electron chi connectivity index (χ2n) is 11.6. The lowest BCUT2D eigenvalue weighted by atomic mass is 9.72. The number of hydrogen-bond donors (Lipinski definition) is 3. The van der Waals surface area contributed by atoms with Crippen LogP contribution < -0.4 is 14.2 Å². The minimum atomic E-state index is -0.758. The van der Waals surface area contributed by atoms with Gasteiger partial charge in [0.25, 0.3) is 0 Å². The fraction of sp³-hybridized carbons (Fsp3) is 0.471. The van der Waals surface area contributed by atoms with Crippen LogP contribution in [0.5, 0.6) is 28.7 Å². The molecule has 3 N–H and O–H groups in total. The number of methoxy groups -OCH3 is 1. The van der Waals surface area contributed by atoms with Gasteiger partial charge in [0.1, 0.15) is 23.4 Å². The van der Waals surface area contributed by atoms with E-state index in [-0.39, 0.29) is 23.5 Å². The van der Waals surface area contributed by atoms with Gasteiger partial charge in [0, 0.05) is 23.6 Å². The van der Waals surface area contributed by atoms with Crippen molar-refractivity contribution in [2.24, 2.45) is 0 Å². The number of fused-ring (bicyclic) bond motifs is 5. The van der Waals surface area contributed by atoms with Crippen molar-refractivity contribution in [3.63, 3.8) is 0 Å². The number of hydrogen-bond acceptors (Lipinski definition) is 6. The van der Waals surface area contributed by atoms with Crippen LogP contribution in [0.3, 0.4) is 0 Å². The van der Waals surface area contributed by atoms with Crippen molar-refractivity contribution in [2.45, 2.75) is 95.4 Å². The Morgan fingerprint density at radius 1 is 0.950 bits per heavy atom. The largest absolute Gasteiger partial charge is 0.508 e. The Hall–Kier alpha value is -3.38. The molecular weight excluding hydrogens is 504 g/mol. The first-order chi connectivity index (χ1) is 19.5. The summed E-state index contributed by atoms with van der Waals surface area (Å²) in [5.74, 6) is 2.55. The molecule has 6 nitrogen and oxygen atoms in total. The maximum Gasteiger partial charge on any atom is 0.161 e. The van der Waals surface area contributed by atoms with E-state index in [1.54, 1.807) is 19.2 Å². The molecule has 0 unspecified atom stereocenters. The Morgan fingerprint density at radius 3 is 2.55 bits per heavy atom. The Labute approximate surface area is 236 Å². The fourth-order valence-corrected chi connectivity index (χ4v) is 6.96. The van der Waals surface area contributed by atoms with Gasteiger partial charge in [-0.2, -0.15) is 0 Å². The Morgan fingerprint density at radius 2 is 1.77 bits per heavy atom. The molecule has 3 aromatic carbocycles. The third-order valence-corrected chi connectivity index (χ3v) is 8.93. The standard InChI is InChI=1S/C34H40O6/c1-3-4-5-8-20-15-22-16-23(35)12-13-25(22)33-31(38-2)19-29-26(32(20)33)18-28(37)34(40-29)21-11-14-27(36)30(17-21)39-24-9-6-7-10-24/h11-14,16-17,19-20,24,28,34-37H,3-10,15,18H2,1-2H3/t20-,28-,34+/m1/s1. The molecule has 1 fully saturated rings. The lowest BCUT2D eigenvalue weighted by Gasteiger charge is -2.37. The van der Waals surface area contributed by atoms with E-state index in [0.29, 0.717) is 12.2 Å². The summed E-state index contributed by atoms with van der Waals surface area (Å²) in [5.41, 5.74) is 6.28. The molecule has 212 valence electrons. The van der Waals surface area contributed by atoms with Crippen LogP contribution in [0.4, 0.5) is 0 Å². The first-order valence-corrected chi connectivity index (χ1v) is 14.9. The zero-order valence-corrected chi connectivity index (χ0v) is 23.5. The molecule has 1 aliphatic heterocycles. The molecule has 1 saturated carbocycles. The van der Waals surface area contributed by atoms with E-state index < -0.39 is 12.2 Å². The summed E-state index contributed by atoms with van der Waals surface area (Å²) in [6.45, 7) is 2.21. The fourth-order valence-electron chi connectivity index (χ4n) is 6.96. The predicted molar refractivity (Wildman–Crippen MR) is 155 cm³/mol. The van der Waals surface area contributed by atoms with Crippen LogP contribution in [0.25, 0.3) is 11.1 Å². The van der Waals surface area contributed by atoms with Gasteiger partial charge in [-0.25, -0.2) is 0 Å². The minimum absolute atomic E-state index is 0.108. The zero-order valence-electron chi connectivity index (χ0n) is 23.5. The monoisotopic (exact) mass is 544 g/mol. The van der Waals surface area contributed by atoms with Gasteiger partial charge in [0.15, 0.2) is 11.5 Å². The molecule has 1 heterocycles. The van der Waals surface area contributed by atoms with Crippen LogP contribution >= 0.6 is 0 Å². The van der Waals surface area contributed by atoms with Crippen molar-refractivity contribution in [3.05, 3.63) is 64.7 Å². The number of unbranched alkanes of at least 4 members (excludes halogenated alkanes) is 2. The summed E-state index contributed by atoms with van der Waals surface area (Å²) < 4.78 is 18.7. The molecular formula is C34H40O6. The summed E-state index contributed by atoms with van der Waals surface area (Å²) >= 11 is 0. The van der Waals surface area contributed by atoms with E-state index in [9.17, 15) is 15.3 Å². The van der Waals surface area contributed by atoms with E-state index >= 15 is 0 Å². The van der Waals surface area contributed by atoms with Crippen molar-refractivity contribution in [1.29, 1.82) is 0 Å². The maximum absolute atomic E-state index is 11.5. The van der Waals surface area contributed by atoms with Gasteiger partial charge in [-0.05, 0) is 91.0 Å². The summed E-state index contributed by atoms with van der Waals surface area (Å²) in [5, 5.41) is 32.2. The summed E-state index contributed by atoms with van der Waals surface area (Å²) in [6, 6.07) is 12.8. The van der Waals surface area contributed by atoms with Gasteiger partial charge >= 0.3 is 0 Å². The third-order valence-electron chi connectivity index (χ3n) is 8.93. The molecule has 6 rings (SSSR count). The Kier molecular flexibility index (Phi) is 7.54. The molecule has 40 heavy (non-hydrogen) atoms. The SMILES string of the molecule is CCCCC[C@@H]1Cc2cc(O)ccc2-c2c(OC)cc3c(c21)C[C@@H](O)[C@H](c1ccc(O)c(OC2CCCC2)c1)O3. The van der Waals surface area contributed by atoms with Gasteiger partial charge in [0.05, 0.1) is 19.3 Å². The molecule has 0 radical (unpaired) electrons. The number of aromatic hydroxyl groups is 2. The van der Waals surface area contributed by atoms with E-state index in [0.717, 1.165) is 97.1 Å². The van der Waals surface area contributed by atoms with Gasteiger partial charge in [-0.3, -0.25) is 0 Å². The summed E-state index contributed by atoms with van der Waals surface area (Å²) in [4.78, 5) is 0. The van der Waals surface area contributed by atoms with Crippen molar-refractivity contribution >= 4 is 0 Å². The Bertz CT molecular complexity index is 1380. The average molecular weight is 545 g/mol. The Balaban J connectivity index is 1.39. The highest BCUT2D eigenvalue weighted by molar-refractivity contribution is 5.83. The normalized spacial score (nSPS) is 21.7. The molecule has 0 bridgehead atoms. The maximum atomic E-state index is 11.5. The highest BCUT2D eigenvalue weighted by atomic mass is 16.5. The molecule has 3 aliphatic rings. The molecule has 6 heteroatoms. The lowest BCUT2D eigenvalue weighted by molar-refractivity contribution is 0.0200. The second kappa shape index (κ2) is 11.2. The molecule has 0 amide bonds. The van der Waals surface area contributed by atoms with Gasteiger partial charge in [-0.1, -0.05) is 38.3 Å². The number of ether oxygens (including phenoxy) is 3. The van der Waals surface area contributed by atoms with Crippen molar-refractivity contribution in [3.8, 4) is 39.9 Å². The van der Waals surface area contributed by atoms with Crippen LogP contribution in [0, 0.1) is 0 Å². The third kappa shape index (κ3) is 4.98. The number of rotatable bonds is 8. The van der Waals surface area contributed by atoms with Crippen molar-refractivity contribution in [1.82, 2.24) is 0 Å². The van der Waals surface area contributed by atoms with Crippen molar-refractivity contribution in [2.75, 3.05) is 7.11 Å². The van der Waals surface area contributed by atoms with Crippen LogP contribution in [0.1, 0.15) is 92.6 Å². The molecule has 0 saturated heterocycles. The summed E-state index contributed by atoms with van der Waals surface area (Å²) in [7, 11) is 1.69. The zero-order chi connectivity index (χ0) is 27.8. The lowest BCUT2D eigenvalue weighted by Crippen LogP contribution is -2.32. The quantitative estimate of drug-likeness (QED) is 0.257. The van der Waals surface area contributed by atoms with Crippen LogP contribution in [0.2, 0.25) is 0 Å². The first kappa shape index (κ1) is 26.8. The van der Waals surface area contributed by atoms with Crippen LogP contribution in [-0.2, 0) is 12.8 Å². The highest BCUT2D eigenvalue weighted by Gasteiger charge is 2.38. The van der Waals surface area contributed by atoms with Crippen LogP contribution in [-0.4, -0.2) is 34.6 Å². The minimum Gasteiger partial charge on any atom is -0.508 e. The van der Waals surface area contributed by atoms with Crippen molar-refractivity contribution < 1.29 is 29.5 Å². The molecule has 2 aliphatic carbocycles. The number of phenolic OH excluding ortho intramolecular Hbond substituents is 2. The van der Waals surface area contributed by atoms with E-state index in [2.05, 4.69) is 6.92 Å². The first-order valence-electron chi connectivity index (χ1n) is 14.9. The molecule has 3 aromatic rings. The topological polar surface area (TPSA) is 88.4 Å². The number of phenols is 2.